The molecule has 78 valence electrons. The second-order valence-corrected chi connectivity index (χ2v) is 3.21. The molecule has 0 aliphatic rings. The van der Waals surface area contributed by atoms with Gasteiger partial charge in [-0.1, -0.05) is 0 Å². The van der Waals surface area contributed by atoms with Gasteiger partial charge in [0.25, 0.3) is 0 Å². The van der Waals surface area contributed by atoms with Gasteiger partial charge in [0.1, 0.15) is 12.2 Å². The highest BCUT2D eigenvalue weighted by Gasteiger charge is 2.20. The molecule has 0 saturated heterocycles. The van der Waals surface area contributed by atoms with Gasteiger partial charge in [-0.25, -0.2) is 9.97 Å². The lowest BCUT2D eigenvalue weighted by molar-refractivity contribution is -0.0158. The van der Waals surface area contributed by atoms with E-state index in [-0.39, 0.29) is 5.28 Å². The van der Waals surface area contributed by atoms with E-state index in [4.69, 9.17) is 16.7 Å². The van der Waals surface area contributed by atoms with Crippen LogP contribution in [0.5, 0.6) is 0 Å². The summed E-state index contributed by atoms with van der Waals surface area (Å²) in [5.41, 5.74) is 0.834. The van der Waals surface area contributed by atoms with Crippen LogP contribution in [0.4, 0.5) is 0 Å². The lowest BCUT2D eigenvalue weighted by Gasteiger charge is -2.16. The van der Waals surface area contributed by atoms with Crippen molar-refractivity contribution in [3.8, 4) is 0 Å². The zero-order valence-electron chi connectivity index (χ0n) is 7.55. The van der Waals surface area contributed by atoms with Crippen molar-refractivity contribution >= 4 is 11.6 Å². The second kappa shape index (κ2) is 4.65. The summed E-state index contributed by atoms with van der Waals surface area (Å²) in [4.78, 5) is 7.49. The minimum absolute atomic E-state index is 0.0805. The average Bonchev–Trinajstić information content (AvgIpc) is 2.15. The highest BCUT2D eigenvalue weighted by atomic mass is 35.5. The Bertz CT molecular complexity index is 321. The summed E-state index contributed by atoms with van der Waals surface area (Å²) in [6, 6.07) is 0. The van der Waals surface area contributed by atoms with Gasteiger partial charge in [0.2, 0.25) is 5.28 Å². The topological polar surface area (TPSA) is 86.5 Å². The maximum Gasteiger partial charge on any atom is 0.222 e. The number of hydrogen-bond donors (Lipinski definition) is 3. The van der Waals surface area contributed by atoms with E-state index in [1.54, 1.807) is 6.92 Å². The minimum Gasteiger partial charge on any atom is -0.394 e. The highest BCUT2D eigenvalue weighted by molar-refractivity contribution is 6.28. The van der Waals surface area contributed by atoms with E-state index < -0.39 is 18.8 Å². The quantitative estimate of drug-likeness (QED) is 0.613. The Labute approximate surface area is 86.0 Å². The molecule has 1 aromatic heterocycles. The molecule has 0 radical (unpaired) electrons. The molecule has 2 atom stereocenters. The summed E-state index contributed by atoms with van der Waals surface area (Å²) in [7, 11) is 0. The van der Waals surface area contributed by atoms with Crippen LogP contribution in [-0.4, -0.2) is 38.0 Å². The van der Waals surface area contributed by atoms with Crippen LogP contribution in [0.15, 0.2) is 6.20 Å². The fourth-order valence-electron chi connectivity index (χ4n) is 1.05. The molecule has 0 amide bonds. The van der Waals surface area contributed by atoms with E-state index in [9.17, 15) is 10.2 Å². The fourth-order valence-corrected chi connectivity index (χ4v) is 1.22. The van der Waals surface area contributed by atoms with Crippen LogP contribution in [0, 0.1) is 6.92 Å². The molecule has 0 fully saturated rings. The third-order valence-electron chi connectivity index (χ3n) is 1.86. The monoisotopic (exact) mass is 218 g/mol. The normalized spacial score (nSPS) is 15.2. The SMILES string of the molecule is Cc1nc(Cl)ncc1C(O)C(O)CO. The van der Waals surface area contributed by atoms with Crippen molar-refractivity contribution < 1.29 is 15.3 Å². The number of nitrogens with zero attached hydrogens (tertiary/aromatic N) is 2. The summed E-state index contributed by atoms with van der Waals surface area (Å²) in [6.45, 7) is 1.11. The molecule has 5 nitrogen and oxygen atoms in total. The van der Waals surface area contributed by atoms with Crippen LogP contribution < -0.4 is 0 Å². The third kappa shape index (κ3) is 2.39. The molecule has 3 N–H and O–H groups in total. The molecule has 1 aromatic rings. The zero-order valence-corrected chi connectivity index (χ0v) is 8.31. The summed E-state index contributed by atoms with van der Waals surface area (Å²) >= 11 is 5.52. The lowest BCUT2D eigenvalue weighted by Crippen LogP contribution is -2.23. The second-order valence-electron chi connectivity index (χ2n) is 2.87. The molecule has 0 saturated carbocycles. The Morgan fingerprint density at radius 1 is 1.50 bits per heavy atom. The molecular weight excluding hydrogens is 208 g/mol. The van der Waals surface area contributed by atoms with E-state index in [0.29, 0.717) is 11.3 Å². The van der Waals surface area contributed by atoms with Crippen LogP contribution in [0.2, 0.25) is 5.28 Å². The van der Waals surface area contributed by atoms with Gasteiger partial charge in [-0.15, -0.1) is 0 Å². The first kappa shape index (κ1) is 11.3. The smallest absolute Gasteiger partial charge is 0.222 e. The first-order chi connectivity index (χ1) is 6.56. The van der Waals surface area contributed by atoms with Crippen LogP contribution in [0.25, 0.3) is 0 Å². The van der Waals surface area contributed by atoms with E-state index in [1.807, 2.05) is 0 Å². The largest absolute Gasteiger partial charge is 0.394 e. The number of aromatic nitrogens is 2. The first-order valence-electron chi connectivity index (χ1n) is 4.02. The Morgan fingerprint density at radius 3 is 2.64 bits per heavy atom. The number of aliphatic hydroxyl groups is 3. The van der Waals surface area contributed by atoms with Crippen molar-refractivity contribution in [2.45, 2.75) is 19.1 Å². The maximum atomic E-state index is 9.53. The summed E-state index contributed by atoms with van der Waals surface area (Å²) in [5.74, 6) is 0. The standard InChI is InChI=1S/C8H11ClN2O3/c1-4-5(2-10-8(9)11-4)7(14)6(13)3-12/h2,6-7,12-14H,3H2,1H3. The average molecular weight is 219 g/mol. The van der Waals surface area contributed by atoms with Crippen LogP contribution in [0.1, 0.15) is 17.4 Å². The molecule has 0 aliphatic heterocycles. The fraction of sp³-hybridized carbons (Fsp3) is 0.500. The molecule has 0 bridgehead atoms. The van der Waals surface area contributed by atoms with Gasteiger partial charge in [-0.2, -0.15) is 0 Å². The van der Waals surface area contributed by atoms with E-state index in [0.717, 1.165) is 0 Å². The molecule has 6 heteroatoms. The summed E-state index contributed by atoms with van der Waals surface area (Å²) in [5, 5.41) is 27.4. The van der Waals surface area contributed by atoms with Crippen molar-refractivity contribution in [1.29, 1.82) is 0 Å². The zero-order chi connectivity index (χ0) is 10.7. The minimum atomic E-state index is -1.24. The summed E-state index contributed by atoms with van der Waals surface area (Å²) in [6.07, 6.45) is -1.11. The van der Waals surface area contributed by atoms with Gasteiger partial charge in [-0.3, -0.25) is 0 Å². The number of aryl methyl sites for hydroxylation is 1. The van der Waals surface area contributed by atoms with Crippen molar-refractivity contribution in [2.75, 3.05) is 6.61 Å². The van der Waals surface area contributed by atoms with Gasteiger partial charge in [0.05, 0.1) is 6.61 Å². The third-order valence-corrected chi connectivity index (χ3v) is 2.04. The van der Waals surface area contributed by atoms with Crippen LogP contribution in [0.3, 0.4) is 0 Å². The molecule has 2 unspecified atom stereocenters. The molecule has 0 aromatic carbocycles. The van der Waals surface area contributed by atoms with Crippen LogP contribution in [-0.2, 0) is 0 Å². The van der Waals surface area contributed by atoms with E-state index in [1.165, 1.54) is 6.20 Å². The highest BCUT2D eigenvalue weighted by Crippen LogP contribution is 2.19. The lowest BCUT2D eigenvalue weighted by atomic mass is 10.1. The number of hydrogen-bond acceptors (Lipinski definition) is 5. The molecule has 1 rings (SSSR count). The molecule has 0 spiro atoms. The number of aliphatic hydroxyl groups excluding tert-OH is 3. The summed E-state index contributed by atoms with van der Waals surface area (Å²) < 4.78 is 0. The van der Waals surface area contributed by atoms with Crippen molar-refractivity contribution in [3.05, 3.63) is 22.7 Å². The Kier molecular flexibility index (Phi) is 3.77. The predicted octanol–water partition coefficient (Wildman–Crippen LogP) is -0.175. The van der Waals surface area contributed by atoms with Crippen molar-refractivity contribution in [3.63, 3.8) is 0 Å². The van der Waals surface area contributed by atoms with Gasteiger partial charge < -0.3 is 15.3 Å². The van der Waals surface area contributed by atoms with E-state index >= 15 is 0 Å². The molecule has 0 aliphatic carbocycles. The van der Waals surface area contributed by atoms with Gasteiger partial charge >= 0.3 is 0 Å². The number of rotatable bonds is 3. The van der Waals surface area contributed by atoms with Gasteiger partial charge in [0, 0.05) is 17.5 Å². The van der Waals surface area contributed by atoms with E-state index in [2.05, 4.69) is 9.97 Å². The maximum absolute atomic E-state index is 9.53. The van der Waals surface area contributed by atoms with Crippen LogP contribution >= 0.6 is 11.6 Å². The predicted molar refractivity (Wildman–Crippen MR) is 49.8 cm³/mol. The molecule has 1 heterocycles. The molecule has 14 heavy (non-hydrogen) atoms. The Balaban J connectivity index is 2.95. The molecular formula is C8H11ClN2O3. The van der Waals surface area contributed by atoms with Gasteiger partial charge in [-0.05, 0) is 18.5 Å². The van der Waals surface area contributed by atoms with Gasteiger partial charge in [0.15, 0.2) is 0 Å². The Morgan fingerprint density at radius 2 is 2.14 bits per heavy atom. The van der Waals surface area contributed by atoms with Crippen molar-refractivity contribution in [2.24, 2.45) is 0 Å². The Hall–Kier alpha value is -0.750. The number of halogens is 1. The van der Waals surface area contributed by atoms with Crippen molar-refractivity contribution in [1.82, 2.24) is 9.97 Å². The first-order valence-corrected chi connectivity index (χ1v) is 4.40.